The summed E-state index contributed by atoms with van der Waals surface area (Å²) < 4.78 is 14.7. The molecule has 11 nitrogen and oxygen atoms in total. The third kappa shape index (κ3) is 4.91. The molecule has 0 saturated carbocycles. The van der Waals surface area contributed by atoms with Crippen molar-refractivity contribution < 1.29 is 4.39 Å². The summed E-state index contributed by atoms with van der Waals surface area (Å²) in [6.07, 6.45) is 5.18. The van der Waals surface area contributed by atoms with Crippen LogP contribution in [0.5, 0.6) is 0 Å². The molecule has 212 valence electrons. The van der Waals surface area contributed by atoms with Crippen molar-refractivity contribution in [2.45, 2.75) is 6.04 Å². The monoisotopic (exact) mass is 563 g/mol. The smallest absolute Gasteiger partial charge is 0.159 e. The zero-order chi connectivity index (χ0) is 28.8. The zero-order valence-electron chi connectivity index (χ0n) is 23.3. The predicted molar refractivity (Wildman–Crippen MR) is 163 cm³/mol. The van der Waals surface area contributed by atoms with Crippen LogP contribution in [-0.4, -0.2) is 86.3 Å². The zero-order valence-corrected chi connectivity index (χ0v) is 23.3. The Morgan fingerprint density at radius 1 is 1.05 bits per heavy atom. The Bertz CT molecular complexity index is 1900. The Labute approximate surface area is 241 Å². The van der Waals surface area contributed by atoms with E-state index in [2.05, 4.69) is 40.3 Å². The van der Waals surface area contributed by atoms with Crippen LogP contribution in [0.25, 0.3) is 56.0 Å². The lowest BCUT2D eigenvalue weighted by Gasteiger charge is -2.37. The van der Waals surface area contributed by atoms with Crippen molar-refractivity contribution in [3.05, 3.63) is 66.9 Å². The lowest BCUT2D eigenvalue weighted by Crippen LogP contribution is -2.56. The van der Waals surface area contributed by atoms with Crippen LogP contribution in [0.2, 0.25) is 0 Å². The van der Waals surface area contributed by atoms with Crippen molar-refractivity contribution in [1.82, 2.24) is 40.0 Å². The number of anilines is 2. The lowest BCUT2D eigenvalue weighted by atomic mass is 10.0. The molecule has 0 atom stereocenters. The van der Waals surface area contributed by atoms with E-state index in [0.29, 0.717) is 29.5 Å². The van der Waals surface area contributed by atoms with Gasteiger partial charge in [0.25, 0.3) is 0 Å². The number of hydrogen-bond acceptors (Lipinski definition) is 9. The Morgan fingerprint density at radius 3 is 2.76 bits per heavy atom. The van der Waals surface area contributed by atoms with Gasteiger partial charge in [0.15, 0.2) is 5.82 Å². The number of hydrogen-bond donors (Lipinski definition) is 4. The van der Waals surface area contributed by atoms with Gasteiger partial charge in [-0.3, -0.25) is 15.1 Å². The molecule has 1 saturated heterocycles. The highest BCUT2D eigenvalue weighted by molar-refractivity contribution is 5.98. The lowest BCUT2D eigenvalue weighted by molar-refractivity contribution is 0.425. The standard InChI is InChI=1S/C30H30FN11/c1-41(2)7-6-34-20-9-17(8-18(31)10-20)21-4-3-5-23-28(21)38-30(37-23)29-22-11-24(35-13-25(22)39-40-29)26-12-33-14-27(36-26)42-15-19(32)16-42/h3-5,8-14,19,34H,6-7,15-16,32H2,1-2H3,(H,37,38)(H,39,40). The number of likely N-dealkylation sites (N-methyl/N-ethyl adjacent to an activating group) is 1. The molecule has 1 fully saturated rings. The third-order valence-corrected chi connectivity index (χ3v) is 7.40. The van der Waals surface area contributed by atoms with Gasteiger partial charge < -0.3 is 25.8 Å². The van der Waals surface area contributed by atoms with Gasteiger partial charge in [0.2, 0.25) is 0 Å². The van der Waals surface area contributed by atoms with E-state index < -0.39 is 0 Å². The average molecular weight is 564 g/mol. The van der Waals surface area contributed by atoms with Crippen LogP contribution in [-0.2, 0) is 0 Å². The maximum Gasteiger partial charge on any atom is 0.159 e. The first-order valence-electron chi connectivity index (χ1n) is 13.8. The number of aromatic nitrogens is 7. The fourth-order valence-corrected chi connectivity index (χ4v) is 5.22. The van der Waals surface area contributed by atoms with Gasteiger partial charge in [-0.05, 0) is 50.0 Å². The third-order valence-electron chi connectivity index (χ3n) is 7.40. The van der Waals surface area contributed by atoms with Crippen LogP contribution in [0, 0.1) is 5.82 Å². The molecule has 7 rings (SSSR count). The van der Waals surface area contributed by atoms with Gasteiger partial charge in [0, 0.05) is 48.9 Å². The number of para-hydroxylation sites is 1. The molecule has 5 N–H and O–H groups in total. The number of benzene rings is 2. The first-order valence-corrected chi connectivity index (χ1v) is 13.8. The first kappa shape index (κ1) is 26.0. The highest BCUT2D eigenvalue weighted by Crippen LogP contribution is 2.34. The molecule has 42 heavy (non-hydrogen) atoms. The first-order chi connectivity index (χ1) is 20.4. The summed E-state index contributed by atoms with van der Waals surface area (Å²) in [4.78, 5) is 26.3. The van der Waals surface area contributed by atoms with Crippen molar-refractivity contribution in [1.29, 1.82) is 0 Å². The summed E-state index contributed by atoms with van der Waals surface area (Å²) in [5, 5.41) is 11.8. The molecule has 0 bridgehead atoms. The number of H-pyrrole nitrogens is 2. The fraction of sp³-hybridized carbons (Fsp3) is 0.233. The maximum absolute atomic E-state index is 14.7. The van der Waals surface area contributed by atoms with Crippen molar-refractivity contribution in [3.8, 4) is 34.0 Å². The van der Waals surface area contributed by atoms with E-state index in [0.717, 1.165) is 64.2 Å². The number of nitrogens with one attached hydrogen (secondary N) is 3. The van der Waals surface area contributed by atoms with Gasteiger partial charge >= 0.3 is 0 Å². The second-order valence-corrected chi connectivity index (χ2v) is 10.9. The second kappa shape index (κ2) is 10.5. The SMILES string of the molecule is CN(C)CCNc1cc(F)cc(-c2cccc3[nH]c(-c4n[nH]c5cnc(-c6cncc(N7CC(N)C7)n6)cc45)nc23)c1. The van der Waals surface area contributed by atoms with E-state index in [9.17, 15) is 4.39 Å². The number of nitrogens with zero attached hydrogens (tertiary/aromatic N) is 7. The molecular weight excluding hydrogens is 533 g/mol. The highest BCUT2D eigenvalue weighted by Gasteiger charge is 2.25. The van der Waals surface area contributed by atoms with Gasteiger partial charge in [0.1, 0.15) is 23.0 Å². The molecule has 4 aromatic heterocycles. The number of imidazole rings is 1. The molecule has 0 aliphatic carbocycles. The molecule has 0 unspecified atom stereocenters. The van der Waals surface area contributed by atoms with Gasteiger partial charge in [-0.1, -0.05) is 12.1 Å². The summed E-state index contributed by atoms with van der Waals surface area (Å²) in [6, 6.07) is 12.9. The number of aromatic amines is 2. The topological polar surface area (TPSA) is 141 Å². The molecule has 0 radical (unpaired) electrons. The summed E-state index contributed by atoms with van der Waals surface area (Å²) in [6.45, 7) is 3.06. The minimum Gasteiger partial charge on any atom is -0.384 e. The van der Waals surface area contributed by atoms with Crippen LogP contribution in [0.1, 0.15) is 0 Å². The largest absolute Gasteiger partial charge is 0.384 e. The molecular formula is C30H30FN11. The van der Waals surface area contributed by atoms with Crippen LogP contribution in [0.15, 0.2) is 61.1 Å². The van der Waals surface area contributed by atoms with Crippen LogP contribution in [0.3, 0.4) is 0 Å². The average Bonchev–Trinajstić information content (AvgIpc) is 3.59. The van der Waals surface area contributed by atoms with E-state index in [1.54, 1.807) is 18.6 Å². The predicted octanol–water partition coefficient (Wildman–Crippen LogP) is 3.89. The molecule has 5 heterocycles. The normalized spacial score (nSPS) is 13.8. The van der Waals surface area contributed by atoms with Crippen LogP contribution in [0.4, 0.5) is 15.9 Å². The van der Waals surface area contributed by atoms with Gasteiger partial charge in [-0.15, -0.1) is 0 Å². The number of halogens is 1. The number of nitrogens with two attached hydrogens (primary N) is 1. The van der Waals surface area contributed by atoms with Crippen molar-refractivity contribution in [2.75, 3.05) is 50.5 Å². The molecule has 1 aliphatic rings. The number of fused-ring (bicyclic) bond motifs is 2. The molecule has 1 aliphatic heterocycles. The van der Waals surface area contributed by atoms with E-state index >= 15 is 0 Å². The summed E-state index contributed by atoms with van der Waals surface area (Å²) >= 11 is 0. The van der Waals surface area contributed by atoms with E-state index in [1.807, 2.05) is 44.4 Å². The number of rotatable bonds is 8. The molecule has 2 aromatic carbocycles. The highest BCUT2D eigenvalue weighted by atomic mass is 19.1. The van der Waals surface area contributed by atoms with Gasteiger partial charge in [-0.2, -0.15) is 5.10 Å². The van der Waals surface area contributed by atoms with Crippen LogP contribution < -0.4 is 16.0 Å². The summed E-state index contributed by atoms with van der Waals surface area (Å²) in [5.41, 5.74) is 12.5. The van der Waals surface area contributed by atoms with Crippen LogP contribution >= 0.6 is 0 Å². The summed E-state index contributed by atoms with van der Waals surface area (Å²) in [7, 11) is 4.01. The van der Waals surface area contributed by atoms with Gasteiger partial charge in [0.05, 0.1) is 40.8 Å². The summed E-state index contributed by atoms with van der Waals surface area (Å²) in [5.74, 6) is 1.06. The van der Waals surface area contributed by atoms with Crippen molar-refractivity contribution in [3.63, 3.8) is 0 Å². The molecule has 6 aromatic rings. The molecule has 0 spiro atoms. The minimum atomic E-state index is -0.310. The molecule has 12 heteroatoms. The van der Waals surface area contributed by atoms with E-state index in [-0.39, 0.29) is 11.9 Å². The Hall–Kier alpha value is -4.94. The van der Waals surface area contributed by atoms with E-state index in [1.165, 1.54) is 12.1 Å². The quantitative estimate of drug-likeness (QED) is 0.217. The van der Waals surface area contributed by atoms with Crippen molar-refractivity contribution >= 4 is 33.4 Å². The Morgan fingerprint density at radius 2 is 1.93 bits per heavy atom. The Kier molecular flexibility index (Phi) is 6.48. The second-order valence-electron chi connectivity index (χ2n) is 10.9. The molecule has 0 amide bonds. The fourth-order valence-electron chi connectivity index (χ4n) is 5.22. The van der Waals surface area contributed by atoms with Crippen molar-refractivity contribution in [2.24, 2.45) is 5.73 Å². The number of pyridine rings is 1. The Balaban J connectivity index is 1.24. The maximum atomic E-state index is 14.7. The van der Waals surface area contributed by atoms with E-state index in [4.69, 9.17) is 15.7 Å². The van der Waals surface area contributed by atoms with Gasteiger partial charge in [-0.25, -0.2) is 14.4 Å². The minimum absolute atomic E-state index is 0.162.